The lowest BCUT2D eigenvalue weighted by molar-refractivity contribution is -0.134. The Morgan fingerprint density at radius 2 is 1.82 bits per heavy atom. The van der Waals surface area contributed by atoms with Crippen LogP contribution in [0.3, 0.4) is 0 Å². The second-order valence-corrected chi connectivity index (χ2v) is 8.58. The van der Waals surface area contributed by atoms with E-state index in [0.717, 1.165) is 35.0 Å². The number of carbonyl (C=O) groups is 2. The number of nitrogens with one attached hydrogen (secondary N) is 3. The number of hydrogen-bond donors (Lipinski definition) is 3. The van der Waals surface area contributed by atoms with Crippen LogP contribution in [0.5, 0.6) is 0 Å². The minimum absolute atomic E-state index is 0.0830. The largest absolute Gasteiger partial charge is 0.381 e. The number of likely N-dealkylation sites (tertiary alicyclic amines) is 1. The molecule has 0 aliphatic carbocycles. The highest BCUT2D eigenvalue weighted by molar-refractivity contribution is 6.00. The van der Waals surface area contributed by atoms with Crippen LogP contribution < -0.4 is 10.6 Å². The minimum atomic E-state index is -0.740. The number of benzene rings is 2. The van der Waals surface area contributed by atoms with Gasteiger partial charge in [0.15, 0.2) is 0 Å². The standard InChI is InChI=1S/C27H27N5O2/c33-26(21-9-8-19-10-14-29-24(19)17-21)31-25(20-5-2-1-3-6-20)27(34)32-15-11-22(12-16-32)30-23-7-4-13-28-18-23/h1-10,13-14,17-18,22,25,29-30H,11-12,15-16H2,(H,31,33)/t25-/m1/s1. The van der Waals surface area contributed by atoms with Gasteiger partial charge in [0, 0.05) is 48.8 Å². The van der Waals surface area contributed by atoms with Gasteiger partial charge in [-0.05, 0) is 54.1 Å². The molecule has 1 aliphatic rings. The summed E-state index contributed by atoms with van der Waals surface area (Å²) in [6.45, 7) is 1.26. The van der Waals surface area contributed by atoms with E-state index >= 15 is 0 Å². The number of pyridine rings is 1. The summed E-state index contributed by atoms with van der Waals surface area (Å²) in [7, 11) is 0. The summed E-state index contributed by atoms with van der Waals surface area (Å²) in [4.78, 5) is 35.8. The number of piperidine rings is 1. The molecular weight excluding hydrogens is 426 g/mol. The number of nitrogens with zero attached hydrogens (tertiary/aromatic N) is 2. The second-order valence-electron chi connectivity index (χ2n) is 8.58. The van der Waals surface area contributed by atoms with Crippen LogP contribution in [0.15, 0.2) is 85.3 Å². The molecular formula is C27H27N5O2. The van der Waals surface area contributed by atoms with Crippen molar-refractivity contribution in [2.75, 3.05) is 18.4 Å². The van der Waals surface area contributed by atoms with Crippen molar-refractivity contribution in [3.8, 4) is 0 Å². The number of aromatic nitrogens is 2. The van der Waals surface area contributed by atoms with E-state index in [1.54, 1.807) is 12.3 Å². The van der Waals surface area contributed by atoms with Crippen molar-refractivity contribution in [2.45, 2.75) is 24.9 Å². The van der Waals surface area contributed by atoms with Crippen molar-refractivity contribution in [2.24, 2.45) is 0 Å². The molecule has 2 amide bonds. The number of fused-ring (bicyclic) bond motifs is 1. The lowest BCUT2D eigenvalue weighted by atomic mass is 10.0. The predicted octanol–water partition coefficient (Wildman–Crippen LogP) is 4.14. The van der Waals surface area contributed by atoms with E-state index in [0.29, 0.717) is 18.7 Å². The number of amides is 2. The summed E-state index contributed by atoms with van der Waals surface area (Å²) in [5.74, 6) is -0.354. The van der Waals surface area contributed by atoms with Gasteiger partial charge >= 0.3 is 0 Å². The van der Waals surface area contributed by atoms with Gasteiger partial charge in [-0.25, -0.2) is 0 Å². The molecule has 2 aromatic carbocycles. The Morgan fingerprint density at radius 1 is 1.00 bits per heavy atom. The van der Waals surface area contributed by atoms with Gasteiger partial charge in [0.2, 0.25) is 5.91 Å². The average Bonchev–Trinajstić information content (AvgIpc) is 3.36. The van der Waals surface area contributed by atoms with Gasteiger partial charge in [0.05, 0.1) is 5.69 Å². The molecule has 3 heterocycles. The van der Waals surface area contributed by atoms with E-state index in [2.05, 4.69) is 20.6 Å². The van der Waals surface area contributed by atoms with Crippen LogP contribution in [0.4, 0.5) is 5.69 Å². The van der Waals surface area contributed by atoms with E-state index in [1.165, 1.54) is 0 Å². The molecule has 1 atom stereocenters. The fraction of sp³-hybridized carbons (Fsp3) is 0.222. The molecule has 0 saturated carbocycles. The zero-order valence-corrected chi connectivity index (χ0v) is 18.8. The molecule has 0 spiro atoms. The molecule has 34 heavy (non-hydrogen) atoms. The van der Waals surface area contributed by atoms with Crippen LogP contribution in [0, 0.1) is 0 Å². The minimum Gasteiger partial charge on any atom is -0.381 e. The molecule has 172 valence electrons. The Balaban J connectivity index is 1.29. The SMILES string of the molecule is O=C(N[C@@H](C(=O)N1CCC(Nc2cccnc2)CC1)c1ccccc1)c1ccc2cc[nH]c2c1. The molecule has 2 aromatic heterocycles. The number of carbonyl (C=O) groups excluding carboxylic acids is 2. The highest BCUT2D eigenvalue weighted by Crippen LogP contribution is 2.22. The lowest BCUT2D eigenvalue weighted by Crippen LogP contribution is -2.48. The smallest absolute Gasteiger partial charge is 0.252 e. The number of rotatable bonds is 6. The first-order valence-corrected chi connectivity index (χ1v) is 11.6. The van der Waals surface area contributed by atoms with E-state index < -0.39 is 6.04 Å². The molecule has 1 saturated heterocycles. The number of aromatic amines is 1. The van der Waals surface area contributed by atoms with Crippen LogP contribution in [-0.4, -0.2) is 45.8 Å². The van der Waals surface area contributed by atoms with Crippen molar-refractivity contribution in [1.82, 2.24) is 20.2 Å². The topological polar surface area (TPSA) is 90.1 Å². The number of anilines is 1. The van der Waals surface area contributed by atoms with Gasteiger partial charge in [-0.3, -0.25) is 14.6 Å². The molecule has 3 N–H and O–H groups in total. The van der Waals surface area contributed by atoms with E-state index in [-0.39, 0.29) is 17.9 Å². The third kappa shape index (κ3) is 4.78. The molecule has 1 fully saturated rings. The maximum absolute atomic E-state index is 13.6. The van der Waals surface area contributed by atoms with Gasteiger partial charge < -0.3 is 20.5 Å². The van der Waals surface area contributed by atoms with Crippen LogP contribution in [0.25, 0.3) is 10.9 Å². The first-order valence-electron chi connectivity index (χ1n) is 11.6. The van der Waals surface area contributed by atoms with Gasteiger partial charge in [-0.15, -0.1) is 0 Å². The van der Waals surface area contributed by atoms with Crippen LogP contribution in [0.2, 0.25) is 0 Å². The fourth-order valence-corrected chi connectivity index (χ4v) is 4.45. The van der Waals surface area contributed by atoms with Gasteiger partial charge in [0.25, 0.3) is 5.91 Å². The molecule has 4 aromatic rings. The highest BCUT2D eigenvalue weighted by Gasteiger charge is 2.30. The molecule has 0 radical (unpaired) electrons. The van der Waals surface area contributed by atoms with Crippen molar-refractivity contribution in [3.63, 3.8) is 0 Å². The molecule has 0 unspecified atom stereocenters. The van der Waals surface area contributed by atoms with Crippen molar-refractivity contribution >= 4 is 28.4 Å². The summed E-state index contributed by atoms with van der Waals surface area (Å²) >= 11 is 0. The van der Waals surface area contributed by atoms with Crippen molar-refractivity contribution < 1.29 is 9.59 Å². The summed E-state index contributed by atoms with van der Waals surface area (Å²) in [5, 5.41) is 7.52. The maximum atomic E-state index is 13.6. The van der Waals surface area contributed by atoms with E-state index in [9.17, 15) is 9.59 Å². The number of H-pyrrole nitrogens is 1. The zero-order valence-electron chi connectivity index (χ0n) is 18.8. The monoisotopic (exact) mass is 453 g/mol. The van der Waals surface area contributed by atoms with E-state index in [4.69, 9.17) is 0 Å². The molecule has 7 nitrogen and oxygen atoms in total. The van der Waals surface area contributed by atoms with Gasteiger partial charge in [-0.1, -0.05) is 36.4 Å². The maximum Gasteiger partial charge on any atom is 0.252 e. The van der Waals surface area contributed by atoms with Crippen LogP contribution in [0.1, 0.15) is 34.8 Å². The van der Waals surface area contributed by atoms with Gasteiger partial charge in [-0.2, -0.15) is 0 Å². The van der Waals surface area contributed by atoms with Crippen LogP contribution in [-0.2, 0) is 4.79 Å². The average molecular weight is 454 g/mol. The Labute approximate surface area is 198 Å². The van der Waals surface area contributed by atoms with E-state index in [1.807, 2.05) is 78.0 Å². The van der Waals surface area contributed by atoms with Crippen molar-refractivity contribution in [3.05, 3.63) is 96.4 Å². The normalized spacial score (nSPS) is 15.1. The summed E-state index contributed by atoms with van der Waals surface area (Å²) in [5.41, 5.74) is 3.17. The molecule has 1 aliphatic heterocycles. The third-order valence-electron chi connectivity index (χ3n) is 6.31. The Hall–Kier alpha value is -4.13. The fourth-order valence-electron chi connectivity index (χ4n) is 4.45. The first-order chi connectivity index (χ1) is 16.7. The second kappa shape index (κ2) is 9.79. The Kier molecular flexibility index (Phi) is 6.25. The highest BCUT2D eigenvalue weighted by atomic mass is 16.2. The van der Waals surface area contributed by atoms with Gasteiger partial charge in [0.1, 0.15) is 6.04 Å². The Morgan fingerprint density at radius 3 is 2.59 bits per heavy atom. The third-order valence-corrected chi connectivity index (χ3v) is 6.31. The first kappa shape index (κ1) is 21.7. The summed E-state index contributed by atoms with van der Waals surface area (Å²) in [6, 6.07) is 20.3. The molecule has 7 heteroatoms. The quantitative estimate of drug-likeness (QED) is 0.409. The predicted molar refractivity (Wildman–Crippen MR) is 132 cm³/mol. The molecule has 0 bridgehead atoms. The number of hydrogen-bond acceptors (Lipinski definition) is 4. The lowest BCUT2D eigenvalue weighted by Gasteiger charge is -2.35. The summed E-state index contributed by atoms with van der Waals surface area (Å²) < 4.78 is 0. The van der Waals surface area contributed by atoms with Crippen LogP contribution >= 0.6 is 0 Å². The summed E-state index contributed by atoms with van der Waals surface area (Å²) in [6.07, 6.45) is 7.07. The molecule has 5 rings (SSSR count). The Bertz CT molecular complexity index is 1260. The zero-order chi connectivity index (χ0) is 23.3. The van der Waals surface area contributed by atoms with Crippen molar-refractivity contribution in [1.29, 1.82) is 0 Å².